The van der Waals surface area contributed by atoms with E-state index in [1.165, 1.54) is 27.9 Å². The van der Waals surface area contributed by atoms with E-state index in [0.717, 1.165) is 10.9 Å². The first kappa shape index (κ1) is 15.9. The van der Waals surface area contributed by atoms with Gasteiger partial charge in [-0.1, -0.05) is 88.7 Å². The Hall–Kier alpha value is -2.32. The van der Waals surface area contributed by atoms with E-state index >= 15 is 0 Å². The molecule has 5 rings (SSSR count). The van der Waals surface area contributed by atoms with Gasteiger partial charge in [0.05, 0.1) is 6.04 Å². The molecule has 0 spiro atoms. The fourth-order valence-corrected chi connectivity index (χ4v) is 4.74. The summed E-state index contributed by atoms with van der Waals surface area (Å²) in [6.45, 7) is 0. The molecule has 1 aliphatic heterocycles. The summed E-state index contributed by atoms with van der Waals surface area (Å²) in [5, 5.41) is 3.92. The molecule has 3 atom stereocenters. The SMILES string of the molecule is Brc1ccc([C@@H]2Nc3c(-c4ccccc4)cccc3[C@@H]3C=CC[C@@H]32)cc1. The van der Waals surface area contributed by atoms with E-state index in [4.69, 9.17) is 0 Å². The minimum atomic E-state index is 0.334. The van der Waals surface area contributed by atoms with Crippen LogP contribution in [0.2, 0.25) is 0 Å². The number of hydrogen-bond donors (Lipinski definition) is 1. The molecule has 128 valence electrons. The van der Waals surface area contributed by atoms with Crippen molar-refractivity contribution in [3.8, 4) is 11.1 Å². The van der Waals surface area contributed by atoms with Crippen molar-refractivity contribution in [2.75, 3.05) is 5.32 Å². The average molecular weight is 402 g/mol. The zero-order valence-electron chi connectivity index (χ0n) is 14.4. The second-order valence-corrected chi connectivity index (χ2v) is 8.08. The molecule has 26 heavy (non-hydrogen) atoms. The van der Waals surface area contributed by atoms with E-state index in [1.807, 2.05) is 0 Å². The highest BCUT2D eigenvalue weighted by Crippen LogP contribution is 2.52. The fourth-order valence-electron chi connectivity index (χ4n) is 4.48. The van der Waals surface area contributed by atoms with Gasteiger partial charge in [-0.05, 0) is 41.2 Å². The first-order valence-corrected chi connectivity index (χ1v) is 9.97. The Morgan fingerprint density at radius 3 is 2.46 bits per heavy atom. The molecule has 0 saturated heterocycles. The summed E-state index contributed by atoms with van der Waals surface area (Å²) in [4.78, 5) is 0. The lowest BCUT2D eigenvalue weighted by Gasteiger charge is -2.38. The average Bonchev–Trinajstić information content (AvgIpc) is 3.18. The molecule has 2 heteroatoms. The Bertz CT molecular complexity index is 959. The molecule has 0 amide bonds. The van der Waals surface area contributed by atoms with Crippen LogP contribution in [0, 0.1) is 5.92 Å². The monoisotopic (exact) mass is 401 g/mol. The molecule has 0 fully saturated rings. The fraction of sp³-hybridized carbons (Fsp3) is 0.167. The molecular weight excluding hydrogens is 382 g/mol. The minimum Gasteiger partial charge on any atom is -0.377 e. The first-order chi connectivity index (χ1) is 12.8. The lowest BCUT2D eigenvalue weighted by atomic mass is 9.76. The molecular formula is C24H20BrN. The van der Waals surface area contributed by atoms with Crippen molar-refractivity contribution in [1.82, 2.24) is 0 Å². The number of anilines is 1. The maximum absolute atomic E-state index is 3.92. The summed E-state index contributed by atoms with van der Waals surface area (Å²) in [6, 6.07) is 26.5. The third-order valence-corrected chi connectivity index (χ3v) is 6.24. The summed E-state index contributed by atoms with van der Waals surface area (Å²) in [5.41, 5.74) is 6.65. The maximum atomic E-state index is 3.92. The van der Waals surface area contributed by atoms with Crippen LogP contribution in [0.15, 0.2) is 89.4 Å². The van der Waals surface area contributed by atoms with E-state index in [0.29, 0.717) is 17.9 Å². The zero-order valence-corrected chi connectivity index (χ0v) is 16.0. The molecule has 0 saturated carbocycles. The van der Waals surface area contributed by atoms with Crippen molar-refractivity contribution in [3.05, 3.63) is 101 Å². The van der Waals surface area contributed by atoms with Gasteiger partial charge in [-0.15, -0.1) is 0 Å². The topological polar surface area (TPSA) is 12.0 Å². The van der Waals surface area contributed by atoms with Crippen molar-refractivity contribution in [3.63, 3.8) is 0 Å². The van der Waals surface area contributed by atoms with Gasteiger partial charge in [-0.2, -0.15) is 0 Å². The smallest absolute Gasteiger partial charge is 0.0554 e. The van der Waals surface area contributed by atoms with Crippen LogP contribution >= 0.6 is 15.9 Å². The summed E-state index contributed by atoms with van der Waals surface area (Å²) in [6.07, 6.45) is 5.89. The van der Waals surface area contributed by atoms with Crippen LogP contribution in [0.1, 0.15) is 29.5 Å². The molecule has 0 unspecified atom stereocenters. The van der Waals surface area contributed by atoms with Crippen molar-refractivity contribution < 1.29 is 0 Å². The van der Waals surface area contributed by atoms with Gasteiger partial charge in [-0.25, -0.2) is 0 Å². The molecule has 0 bridgehead atoms. The second kappa shape index (κ2) is 6.44. The Morgan fingerprint density at radius 1 is 0.846 bits per heavy atom. The Kier molecular flexibility index (Phi) is 3.94. The van der Waals surface area contributed by atoms with E-state index in [2.05, 4.69) is 106 Å². The molecule has 0 radical (unpaired) electrons. The quantitative estimate of drug-likeness (QED) is 0.458. The van der Waals surface area contributed by atoms with Crippen LogP contribution in [-0.2, 0) is 0 Å². The third-order valence-electron chi connectivity index (χ3n) is 5.71. The third kappa shape index (κ3) is 2.60. The summed E-state index contributed by atoms with van der Waals surface area (Å²) >= 11 is 3.56. The van der Waals surface area contributed by atoms with E-state index < -0.39 is 0 Å². The summed E-state index contributed by atoms with van der Waals surface area (Å²) < 4.78 is 1.13. The van der Waals surface area contributed by atoms with Gasteiger partial charge < -0.3 is 5.32 Å². The predicted octanol–water partition coefficient (Wildman–Crippen LogP) is 6.94. The number of halogens is 1. The van der Waals surface area contributed by atoms with Gasteiger partial charge in [0.15, 0.2) is 0 Å². The second-order valence-electron chi connectivity index (χ2n) is 7.16. The van der Waals surface area contributed by atoms with Gasteiger partial charge in [0.2, 0.25) is 0 Å². The van der Waals surface area contributed by atoms with Crippen LogP contribution in [-0.4, -0.2) is 0 Å². The summed E-state index contributed by atoms with van der Waals surface area (Å²) in [5.74, 6) is 1.07. The first-order valence-electron chi connectivity index (χ1n) is 9.18. The lowest BCUT2D eigenvalue weighted by Crippen LogP contribution is -2.29. The number of para-hydroxylation sites is 1. The van der Waals surface area contributed by atoms with E-state index in [9.17, 15) is 0 Å². The Balaban J connectivity index is 1.65. The van der Waals surface area contributed by atoms with Gasteiger partial charge >= 0.3 is 0 Å². The lowest BCUT2D eigenvalue weighted by molar-refractivity contribution is 0.426. The van der Waals surface area contributed by atoms with Gasteiger partial charge in [0.1, 0.15) is 0 Å². The zero-order chi connectivity index (χ0) is 17.5. The number of hydrogen-bond acceptors (Lipinski definition) is 1. The number of benzene rings is 3. The highest BCUT2D eigenvalue weighted by molar-refractivity contribution is 9.10. The van der Waals surface area contributed by atoms with Gasteiger partial charge in [0.25, 0.3) is 0 Å². The minimum absolute atomic E-state index is 0.334. The van der Waals surface area contributed by atoms with Crippen LogP contribution in [0.3, 0.4) is 0 Å². The molecule has 0 aromatic heterocycles. The predicted molar refractivity (Wildman–Crippen MR) is 112 cm³/mol. The van der Waals surface area contributed by atoms with Crippen molar-refractivity contribution in [1.29, 1.82) is 0 Å². The van der Waals surface area contributed by atoms with Crippen LogP contribution in [0.25, 0.3) is 11.1 Å². The van der Waals surface area contributed by atoms with Crippen LogP contribution < -0.4 is 5.32 Å². The largest absolute Gasteiger partial charge is 0.377 e. The molecule has 3 aromatic rings. The molecule has 1 heterocycles. The van der Waals surface area contributed by atoms with E-state index in [-0.39, 0.29) is 0 Å². The van der Waals surface area contributed by atoms with Crippen molar-refractivity contribution >= 4 is 21.6 Å². The van der Waals surface area contributed by atoms with Gasteiger partial charge in [0, 0.05) is 21.6 Å². The highest BCUT2D eigenvalue weighted by Gasteiger charge is 2.38. The van der Waals surface area contributed by atoms with Crippen molar-refractivity contribution in [2.45, 2.75) is 18.4 Å². The Morgan fingerprint density at radius 2 is 1.65 bits per heavy atom. The molecule has 1 nitrogen and oxygen atoms in total. The molecule has 1 N–H and O–H groups in total. The normalized spacial score (nSPS) is 23.2. The van der Waals surface area contributed by atoms with E-state index in [1.54, 1.807) is 0 Å². The number of rotatable bonds is 2. The molecule has 3 aromatic carbocycles. The Labute approximate surface area is 162 Å². The summed E-state index contributed by atoms with van der Waals surface area (Å²) in [7, 11) is 0. The van der Waals surface area contributed by atoms with Crippen LogP contribution in [0.5, 0.6) is 0 Å². The maximum Gasteiger partial charge on any atom is 0.0554 e. The standard InChI is InChI=1S/C24H20BrN/c25-18-14-12-17(13-15-18)23-21-10-5-9-20(21)22-11-4-8-19(24(22)26-23)16-6-2-1-3-7-16/h1-9,11-15,20-21,23,26H,10H2/t20-,21+,23+/m1/s1. The van der Waals surface area contributed by atoms with Gasteiger partial charge in [-0.3, -0.25) is 0 Å². The van der Waals surface area contributed by atoms with Crippen molar-refractivity contribution in [2.24, 2.45) is 5.92 Å². The number of fused-ring (bicyclic) bond motifs is 3. The van der Waals surface area contributed by atoms with Crippen LogP contribution in [0.4, 0.5) is 5.69 Å². The molecule has 1 aliphatic carbocycles. The highest BCUT2D eigenvalue weighted by atomic mass is 79.9. The molecule has 2 aliphatic rings. The number of allylic oxidation sites excluding steroid dienone is 2. The number of nitrogens with one attached hydrogen (secondary N) is 1.